The molecular formula is C14H18N2OS. The van der Waals surface area contributed by atoms with Crippen molar-refractivity contribution in [3.8, 4) is 5.75 Å². The van der Waals surface area contributed by atoms with Crippen LogP contribution in [0.2, 0.25) is 0 Å². The van der Waals surface area contributed by atoms with Gasteiger partial charge in [-0.2, -0.15) is 0 Å². The minimum absolute atomic E-state index is 0.716. The highest BCUT2D eigenvalue weighted by molar-refractivity contribution is 7.09. The van der Waals surface area contributed by atoms with E-state index in [2.05, 4.69) is 29.8 Å². The Labute approximate surface area is 112 Å². The van der Waals surface area contributed by atoms with E-state index >= 15 is 0 Å². The topological polar surface area (TPSA) is 47.3 Å². The van der Waals surface area contributed by atoms with Crippen molar-refractivity contribution < 1.29 is 4.74 Å². The molecule has 1 aromatic heterocycles. The molecule has 0 radical (unpaired) electrons. The lowest BCUT2D eigenvalue weighted by atomic mass is 10.2. The van der Waals surface area contributed by atoms with Crippen LogP contribution >= 0.6 is 11.3 Å². The molecule has 0 aliphatic carbocycles. The van der Waals surface area contributed by atoms with Crippen LogP contribution in [0.3, 0.4) is 0 Å². The van der Waals surface area contributed by atoms with E-state index in [1.165, 1.54) is 4.88 Å². The normalized spacial score (nSPS) is 10.3. The number of nitrogens with two attached hydrogens (primary N) is 1. The van der Waals surface area contributed by atoms with E-state index in [1.54, 1.807) is 11.3 Å². The maximum absolute atomic E-state index is 5.86. The number of hydrogen-bond acceptors (Lipinski definition) is 4. The Balaban J connectivity index is 2.00. The Morgan fingerprint density at radius 3 is 2.94 bits per heavy atom. The lowest BCUT2D eigenvalue weighted by molar-refractivity contribution is 0.318. The first-order valence-corrected chi connectivity index (χ1v) is 6.95. The summed E-state index contributed by atoms with van der Waals surface area (Å²) in [7, 11) is 0. The standard InChI is InChI=1S/C14H18N2OS/c1-2-5-17-13-8-11(15)7-12(9-13)16-10-14-4-3-6-18-14/h3-4,6-9,16H,2,5,10,15H2,1H3. The molecule has 3 N–H and O–H groups in total. The van der Waals surface area contributed by atoms with Gasteiger partial charge in [0.25, 0.3) is 0 Å². The number of hydrogen-bond donors (Lipinski definition) is 2. The maximum Gasteiger partial charge on any atom is 0.123 e. The van der Waals surface area contributed by atoms with Crippen molar-refractivity contribution in [1.82, 2.24) is 0 Å². The van der Waals surface area contributed by atoms with E-state index in [0.717, 1.165) is 30.1 Å². The number of benzene rings is 1. The third-order valence-electron chi connectivity index (χ3n) is 2.45. The Bertz CT molecular complexity index is 483. The van der Waals surface area contributed by atoms with Gasteiger partial charge in [-0.25, -0.2) is 0 Å². The van der Waals surface area contributed by atoms with Crippen LogP contribution < -0.4 is 15.8 Å². The highest BCUT2D eigenvalue weighted by Crippen LogP contribution is 2.23. The fourth-order valence-electron chi connectivity index (χ4n) is 1.63. The average molecular weight is 262 g/mol. The van der Waals surface area contributed by atoms with E-state index in [0.29, 0.717) is 6.61 Å². The molecule has 0 unspecified atom stereocenters. The number of thiophene rings is 1. The number of ether oxygens (including phenoxy) is 1. The second-order valence-corrected chi connectivity index (χ2v) is 5.10. The summed E-state index contributed by atoms with van der Waals surface area (Å²) < 4.78 is 5.60. The van der Waals surface area contributed by atoms with E-state index < -0.39 is 0 Å². The molecule has 1 aromatic carbocycles. The van der Waals surface area contributed by atoms with Crippen molar-refractivity contribution >= 4 is 22.7 Å². The van der Waals surface area contributed by atoms with Gasteiger partial charge in [0.1, 0.15) is 5.75 Å². The molecule has 0 spiro atoms. The largest absolute Gasteiger partial charge is 0.493 e. The third kappa shape index (κ3) is 3.67. The average Bonchev–Trinajstić information content (AvgIpc) is 2.86. The molecule has 4 heteroatoms. The van der Waals surface area contributed by atoms with Crippen molar-refractivity contribution in [2.24, 2.45) is 0 Å². The van der Waals surface area contributed by atoms with E-state index in [-0.39, 0.29) is 0 Å². The monoisotopic (exact) mass is 262 g/mol. The quantitative estimate of drug-likeness (QED) is 0.780. The lowest BCUT2D eigenvalue weighted by Crippen LogP contribution is -2.01. The molecule has 0 saturated carbocycles. The smallest absolute Gasteiger partial charge is 0.123 e. The van der Waals surface area contributed by atoms with E-state index in [1.807, 2.05) is 18.2 Å². The van der Waals surface area contributed by atoms with Crippen LogP contribution in [0.1, 0.15) is 18.2 Å². The van der Waals surface area contributed by atoms with Gasteiger partial charge in [-0.15, -0.1) is 11.3 Å². The maximum atomic E-state index is 5.86. The molecule has 2 aromatic rings. The summed E-state index contributed by atoms with van der Waals surface area (Å²) in [6.45, 7) is 3.62. The molecule has 0 amide bonds. The van der Waals surface area contributed by atoms with Gasteiger partial charge >= 0.3 is 0 Å². The first-order chi connectivity index (χ1) is 8.78. The minimum Gasteiger partial charge on any atom is -0.493 e. The molecular weight excluding hydrogens is 244 g/mol. The van der Waals surface area contributed by atoms with Gasteiger partial charge in [0.15, 0.2) is 0 Å². The Kier molecular flexibility index (Phi) is 4.47. The van der Waals surface area contributed by atoms with E-state index in [4.69, 9.17) is 10.5 Å². The van der Waals surface area contributed by atoms with Gasteiger partial charge in [0, 0.05) is 34.9 Å². The van der Waals surface area contributed by atoms with Gasteiger partial charge < -0.3 is 15.8 Å². The molecule has 18 heavy (non-hydrogen) atoms. The van der Waals surface area contributed by atoms with Crippen LogP contribution in [-0.2, 0) is 6.54 Å². The molecule has 1 heterocycles. The molecule has 3 nitrogen and oxygen atoms in total. The van der Waals surface area contributed by atoms with Gasteiger partial charge in [0.05, 0.1) is 6.61 Å². The lowest BCUT2D eigenvalue weighted by Gasteiger charge is -2.10. The summed E-state index contributed by atoms with van der Waals surface area (Å²) in [5, 5.41) is 5.43. The van der Waals surface area contributed by atoms with Crippen molar-refractivity contribution in [2.75, 3.05) is 17.7 Å². The third-order valence-corrected chi connectivity index (χ3v) is 3.32. The highest BCUT2D eigenvalue weighted by Gasteiger charge is 2.00. The SMILES string of the molecule is CCCOc1cc(N)cc(NCc2cccs2)c1. The van der Waals surface area contributed by atoms with Crippen LogP contribution in [0.4, 0.5) is 11.4 Å². The molecule has 0 fully saturated rings. The first-order valence-electron chi connectivity index (χ1n) is 6.07. The number of nitrogen functional groups attached to an aromatic ring is 1. The van der Waals surface area contributed by atoms with Crippen molar-refractivity contribution in [3.63, 3.8) is 0 Å². The Hall–Kier alpha value is -1.68. The first kappa shape index (κ1) is 12.8. The zero-order valence-corrected chi connectivity index (χ0v) is 11.3. The predicted molar refractivity (Wildman–Crippen MR) is 78.3 cm³/mol. The molecule has 0 aliphatic heterocycles. The highest BCUT2D eigenvalue weighted by atomic mass is 32.1. The van der Waals surface area contributed by atoms with Gasteiger partial charge in [-0.3, -0.25) is 0 Å². The summed E-state index contributed by atoms with van der Waals surface area (Å²) >= 11 is 1.74. The van der Waals surface area contributed by atoms with Crippen LogP contribution in [0.25, 0.3) is 0 Å². The number of nitrogens with one attached hydrogen (secondary N) is 1. The second-order valence-electron chi connectivity index (χ2n) is 4.07. The van der Waals surface area contributed by atoms with Crippen LogP contribution in [0.5, 0.6) is 5.75 Å². The minimum atomic E-state index is 0.716. The summed E-state index contributed by atoms with van der Waals surface area (Å²) in [4.78, 5) is 1.30. The van der Waals surface area contributed by atoms with Crippen LogP contribution in [0, 0.1) is 0 Å². The second kappa shape index (κ2) is 6.31. The molecule has 0 bridgehead atoms. The zero-order valence-electron chi connectivity index (χ0n) is 10.5. The Morgan fingerprint density at radius 1 is 1.33 bits per heavy atom. The summed E-state index contributed by atoms with van der Waals surface area (Å²) in [5.74, 6) is 0.825. The fraction of sp³-hybridized carbons (Fsp3) is 0.286. The molecule has 96 valence electrons. The van der Waals surface area contributed by atoms with Crippen molar-refractivity contribution in [1.29, 1.82) is 0 Å². The van der Waals surface area contributed by atoms with Gasteiger partial charge in [0.2, 0.25) is 0 Å². The molecule has 2 rings (SSSR count). The van der Waals surface area contributed by atoms with Crippen LogP contribution in [-0.4, -0.2) is 6.61 Å². The zero-order chi connectivity index (χ0) is 12.8. The van der Waals surface area contributed by atoms with Gasteiger partial charge in [-0.1, -0.05) is 13.0 Å². The van der Waals surface area contributed by atoms with Gasteiger partial charge in [-0.05, 0) is 23.9 Å². The summed E-state index contributed by atoms with van der Waals surface area (Å²) in [5.41, 5.74) is 7.58. The summed E-state index contributed by atoms with van der Waals surface area (Å²) in [6, 6.07) is 9.92. The molecule has 0 atom stereocenters. The van der Waals surface area contributed by atoms with Crippen LogP contribution in [0.15, 0.2) is 35.7 Å². The summed E-state index contributed by atoms with van der Waals surface area (Å²) in [6.07, 6.45) is 0.993. The molecule has 0 saturated heterocycles. The van der Waals surface area contributed by atoms with E-state index in [9.17, 15) is 0 Å². The predicted octanol–water partition coefficient (Wildman–Crippen LogP) is 3.73. The van der Waals surface area contributed by atoms with Crippen molar-refractivity contribution in [3.05, 3.63) is 40.6 Å². The fourth-order valence-corrected chi connectivity index (χ4v) is 2.27. The number of rotatable bonds is 6. The Morgan fingerprint density at radius 2 is 2.22 bits per heavy atom. The van der Waals surface area contributed by atoms with Crippen molar-refractivity contribution in [2.45, 2.75) is 19.9 Å². The molecule has 0 aliphatic rings. The number of anilines is 2.